The van der Waals surface area contributed by atoms with Crippen LogP contribution in [0.3, 0.4) is 0 Å². The van der Waals surface area contributed by atoms with Gasteiger partial charge >= 0.3 is 0 Å². The van der Waals surface area contributed by atoms with Gasteiger partial charge in [0.25, 0.3) is 0 Å². The molecule has 0 aliphatic carbocycles. The Hall–Kier alpha value is -7.69. The molecule has 0 radical (unpaired) electrons. The van der Waals surface area contributed by atoms with Gasteiger partial charge in [-0.25, -0.2) is 4.98 Å². The van der Waals surface area contributed by atoms with E-state index in [1.54, 1.807) is 0 Å². The SMILES string of the molecule is c1ccc(-c2cccc(N(c3ccc(-c4cc5nc(-c6ccccc6)oc5c5ccccc45)cc3)c3ccc(-n4c5ccccc5c5ccccc54)cc3)c2)cc1. The summed E-state index contributed by atoms with van der Waals surface area (Å²) in [5.41, 5.74) is 13.9. The molecule has 0 saturated heterocycles. The van der Waals surface area contributed by atoms with Crippen LogP contribution in [-0.2, 0) is 0 Å². The van der Waals surface area contributed by atoms with E-state index >= 15 is 0 Å². The van der Waals surface area contributed by atoms with Crippen LogP contribution in [0.4, 0.5) is 17.1 Å². The molecule has 0 saturated carbocycles. The molecule has 0 spiro atoms. The lowest BCUT2D eigenvalue weighted by atomic mass is 9.97. The summed E-state index contributed by atoms with van der Waals surface area (Å²) in [6.45, 7) is 0. The molecular weight excluding hydrogens is 695 g/mol. The summed E-state index contributed by atoms with van der Waals surface area (Å²) in [6.07, 6.45) is 0. The average Bonchev–Trinajstić information content (AvgIpc) is 3.88. The van der Waals surface area contributed by atoms with Gasteiger partial charge < -0.3 is 13.9 Å². The van der Waals surface area contributed by atoms with Crippen LogP contribution in [0.25, 0.3) is 83.1 Å². The van der Waals surface area contributed by atoms with Crippen LogP contribution in [0.1, 0.15) is 0 Å². The van der Waals surface area contributed by atoms with E-state index in [0.717, 1.165) is 61.3 Å². The third-order valence-corrected chi connectivity index (χ3v) is 11.0. The molecule has 0 amide bonds. The molecule has 0 aliphatic heterocycles. The fraction of sp³-hybridized carbons (Fsp3) is 0. The summed E-state index contributed by atoms with van der Waals surface area (Å²) in [7, 11) is 0. The topological polar surface area (TPSA) is 34.2 Å². The highest BCUT2D eigenvalue weighted by molar-refractivity contribution is 6.11. The second kappa shape index (κ2) is 13.6. The van der Waals surface area contributed by atoms with Crippen molar-refractivity contribution in [1.82, 2.24) is 9.55 Å². The Morgan fingerprint density at radius 3 is 1.60 bits per heavy atom. The highest BCUT2D eigenvalue weighted by atomic mass is 16.3. The predicted molar refractivity (Wildman–Crippen MR) is 237 cm³/mol. The van der Waals surface area contributed by atoms with Crippen molar-refractivity contribution in [2.75, 3.05) is 4.90 Å². The van der Waals surface area contributed by atoms with Crippen molar-refractivity contribution in [2.45, 2.75) is 0 Å². The van der Waals surface area contributed by atoms with Gasteiger partial charge in [0.05, 0.1) is 11.0 Å². The van der Waals surface area contributed by atoms with Crippen molar-refractivity contribution in [2.24, 2.45) is 0 Å². The van der Waals surface area contributed by atoms with Crippen LogP contribution in [0.2, 0.25) is 0 Å². The largest absolute Gasteiger partial charge is 0.435 e. The van der Waals surface area contributed by atoms with E-state index < -0.39 is 0 Å². The van der Waals surface area contributed by atoms with Gasteiger partial charge in [0.1, 0.15) is 5.52 Å². The molecule has 4 nitrogen and oxygen atoms in total. The van der Waals surface area contributed by atoms with E-state index in [0.29, 0.717) is 5.89 Å². The number of nitrogens with zero attached hydrogens (tertiary/aromatic N) is 3. The lowest BCUT2D eigenvalue weighted by Gasteiger charge is -2.26. The molecule has 0 aliphatic rings. The molecule has 4 heteroatoms. The van der Waals surface area contributed by atoms with Crippen molar-refractivity contribution in [3.05, 3.63) is 212 Å². The van der Waals surface area contributed by atoms with Crippen molar-refractivity contribution in [1.29, 1.82) is 0 Å². The second-order valence-electron chi connectivity index (χ2n) is 14.4. The number of rotatable bonds is 7. The second-order valence-corrected chi connectivity index (χ2v) is 14.4. The maximum atomic E-state index is 6.40. The third-order valence-electron chi connectivity index (χ3n) is 11.0. The number of hydrogen-bond acceptors (Lipinski definition) is 3. The van der Waals surface area contributed by atoms with E-state index in [-0.39, 0.29) is 0 Å². The molecule has 9 aromatic carbocycles. The average molecular weight is 730 g/mol. The molecule has 2 aromatic heterocycles. The Balaban J connectivity index is 1.03. The van der Waals surface area contributed by atoms with E-state index in [9.17, 15) is 0 Å². The van der Waals surface area contributed by atoms with Crippen LogP contribution >= 0.6 is 0 Å². The van der Waals surface area contributed by atoms with Crippen LogP contribution in [0, 0.1) is 0 Å². The van der Waals surface area contributed by atoms with Crippen LogP contribution < -0.4 is 4.90 Å². The van der Waals surface area contributed by atoms with E-state index in [1.165, 1.54) is 32.9 Å². The number of benzene rings is 9. The summed E-state index contributed by atoms with van der Waals surface area (Å²) >= 11 is 0. The van der Waals surface area contributed by atoms with Gasteiger partial charge in [-0.2, -0.15) is 0 Å². The molecule has 57 heavy (non-hydrogen) atoms. The fourth-order valence-electron chi connectivity index (χ4n) is 8.34. The lowest BCUT2D eigenvalue weighted by Crippen LogP contribution is -2.10. The number of fused-ring (bicyclic) bond motifs is 6. The summed E-state index contributed by atoms with van der Waals surface area (Å²) in [4.78, 5) is 7.30. The molecule has 268 valence electrons. The normalized spacial score (nSPS) is 11.5. The Bertz CT molecular complexity index is 3160. The summed E-state index contributed by atoms with van der Waals surface area (Å²) in [5, 5.41) is 4.68. The minimum absolute atomic E-state index is 0.626. The molecule has 11 rings (SSSR count). The first kappa shape index (κ1) is 32.7. The predicted octanol–water partition coefficient (Wildman–Crippen LogP) is 14.5. The van der Waals surface area contributed by atoms with Gasteiger partial charge in [0.15, 0.2) is 5.58 Å². The number of aromatic nitrogens is 2. The van der Waals surface area contributed by atoms with Crippen LogP contribution in [0.5, 0.6) is 0 Å². The summed E-state index contributed by atoms with van der Waals surface area (Å²) in [5.74, 6) is 0.626. The zero-order valence-electron chi connectivity index (χ0n) is 31.0. The molecule has 0 unspecified atom stereocenters. The molecular formula is C53H35N3O. The first-order valence-electron chi connectivity index (χ1n) is 19.3. The van der Waals surface area contributed by atoms with Crippen molar-refractivity contribution < 1.29 is 4.42 Å². The van der Waals surface area contributed by atoms with Gasteiger partial charge in [-0.1, -0.05) is 133 Å². The Labute approximate surface area is 330 Å². The first-order chi connectivity index (χ1) is 28.3. The number of hydrogen-bond donors (Lipinski definition) is 0. The van der Waals surface area contributed by atoms with Gasteiger partial charge in [0, 0.05) is 44.5 Å². The molecule has 0 bridgehead atoms. The highest BCUT2D eigenvalue weighted by Gasteiger charge is 2.18. The first-order valence-corrected chi connectivity index (χ1v) is 19.3. The minimum Gasteiger partial charge on any atom is -0.435 e. The molecule has 0 atom stereocenters. The van der Waals surface area contributed by atoms with Crippen molar-refractivity contribution >= 4 is 60.7 Å². The van der Waals surface area contributed by atoms with Crippen molar-refractivity contribution in [3.63, 3.8) is 0 Å². The number of anilines is 3. The van der Waals surface area contributed by atoms with Gasteiger partial charge in [-0.05, 0) is 107 Å². The monoisotopic (exact) mass is 729 g/mol. The summed E-state index contributed by atoms with van der Waals surface area (Å²) < 4.78 is 8.77. The Morgan fingerprint density at radius 2 is 0.930 bits per heavy atom. The Kier molecular flexibility index (Phi) is 7.78. The quantitative estimate of drug-likeness (QED) is 0.164. The molecule has 0 fully saturated rings. The zero-order valence-corrected chi connectivity index (χ0v) is 31.0. The van der Waals surface area contributed by atoms with Crippen LogP contribution in [0.15, 0.2) is 217 Å². The number of para-hydroxylation sites is 2. The standard InChI is InChI=1S/C53H35N3O/c1-3-14-36(15-4-1)39-18-13-19-43(34-39)55(41-30-32-42(33-31-41)56-50-24-11-9-21-45(50)46-22-10-12-25-51(46)56)40-28-26-37(27-29-40)48-35-49-52(47-23-8-7-20-44(47)48)57-53(54-49)38-16-5-2-6-17-38/h1-35H. The minimum atomic E-state index is 0.626. The van der Waals surface area contributed by atoms with E-state index in [1.807, 2.05) is 30.3 Å². The lowest BCUT2D eigenvalue weighted by molar-refractivity contribution is 0.623. The van der Waals surface area contributed by atoms with Gasteiger partial charge in [0.2, 0.25) is 5.89 Å². The molecule has 11 aromatic rings. The van der Waals surface area contributed by atoms with Crippen molar-refractivity contribution in [3.8, 4) is 39.4 Å². The molecule has 0 N–H and O–H groups in total. The Morgan fingerprint density at radius 1 is 0.386 bits per heavy atom. The maximum absolute atomic E-state index is 6.40. The smallest absolute Gasteiger partial charge is 0.227 e. The van der Waals surface area contributed by atoms with Gasteiger partial charge in [-0.3, -0.25) is 0 Å². The summed E-state index contributed by atoms with van der Waals surface area (Å²) in [6, 6.07) is 75.2. The number of oxazole rings is 1. The van der Waals surface area contributed by atoms with Gasteiger partial charge in [-0.15, -0.1) is 0 Å². The highest BCUT2D eigenvalue weighted by Crippen LogP contribution is 2.41. The van der Waals surface area contributed by atoms with E-state index in [2.05, 4.69) is 191 Å². The molecule has 2 heterocycles. The zero-order chi connectivity index (χ0) is 37.7. The maximum Gasteiger partial charge on any atom is 0.227 e. The van der Waals surface area contributed by atoms with Crippen LogP contribution in [-0.4, -0.2) is 9.55 Å². The third kappa shape index (κ3) is 5.66. The fourth-order valence-corrected chi connectivity index (χ4v) is 8.34. The van der Waals surface area contributed by atoms with E-state index in [4.69, 9.17) is 9.40 Å².